The lowest BCUT2D eigenvalue weighted by atomic mass is 10.0. The number of rotatable bonds is 10. The number of carbonyl (C=O) groups is 3. The summed E-state index contributed by atoms with van der Waals surface area (Å²) in [5, 5.41) is 5.19. The molecular formula is C19H25FN2O4. The van der Waals surface area contributed by atoms with Crippen molar-refractivity contribution < 1.29 is 23.5 Å². The highest BCUT2D eigenvalue weighted by atomic mass is 19.1. The van der Waals surface area contributed by atoms with Crippen molar-refractivity contribution in [2.75, 3.05) is 7.11 Å². The number of esters is 1. The Morgan fingerprint density at radius 3 is 2.38 bits per heavy atom. The van der Waals surface area contributed by atoms with E-state index in [-0.39, 0.29) is 18.1 Å². The predicted molar refractivity (Wildman–Crippen MR) is 95.7 cm³/mol. The maximum absolute atomic E-state index is 13.0. The topological polar surface area (TPSA) is 84.5 Å². The third-order valence-corrected chi connectivity index (χ3v) is 3.75. The van der Waals surface area contributed by atoms with Crippen LogP contribution in [0.3, 0.4) is 0 Å². The van der Waals surface area contributed by atoms with Gasteiger partial charge in [-0.1, -0.05) is 18.2 Å². The second-order valence-corrected chi connectivity index (χ2v) is 5.89. The molecule has 0 fully saturated rings. The van der Waals surface area contributed by atoms with Gasteiger partial charge >= 0.3 is 5.97 Å². The van der Waals surface area contributed by atoms with Crippen molar-refractivity contribution >= 4 is 17.8 Å². The summed E-state index contributed by atoms with van der Waals surface area (Å²) in [7, 11) is 1.25. The van der Waals surface area contributed by atoms with Crippen LogP contribution in [0.25, 0.3) is 0 Å². The molecule has 2 N–H and O–H groups in total. The Kier molecular flexibility index (Phi) is 9.05. The van der Waals surface area contributed by atoms with Gasteiger partial charge in [0.15, 0.2) is 0 Å². The van der Waals surface area contributed by atoms with Crippen LogP contribution in [0.15, 0.2) is 36.9 Å². The lowest BCUT2D eigenvalue weighted by Crippen LogP contribution is -2.52. The van der Waals surface area contributed by atoms with Gasteiger partial charge < -0.3 is 15.4 Å². The highest BCUT2D eigenvalue weighted by molar-refractivity contribution is 5.90. The fourth-order valence-corrected chi connectivity index (χ4v) is 2.44. The molecule has 6 nitrogen and oxygen atoms in total. The molecule has 0 spiro atoms. The number of ether oxygens (including phenoxy) is 1. The van der Waals surface area contributed by atoms with Crippen LogP contribution >= 0.6 is 0 Å². The van der Waals surface area contributed by atoms with Crippen molar-refractivity contribution in [2.24, 2.45) is 0 Å². The van der Waals surface area contributed by atoms with E-state index < -0.39 is 24.0 Å². The highest BCUT2D eigenvalue weighted by Crippen LogP contribution is 2.08. The van der Waals surface area contributed by atoms with Crippen LogP contribution in [0.5, 0.6) is 0 Å². The summed E-state index contributed by atoms with van der Waals surface area (Å²) in [6.45, 7) is 4.92. The number of unbranched alkanes of at least 4 members (excludes halogenated alkanes) is 1. The summed E-state index contributed by atoms with van der Waals surface area (Å²) in [6, 6.07) is 3.95. The lowest BCUT2D eigenvalue weighted by Gasteiger charge is -2.22. The molecule has 0 saturated carbocycles. The molecule has 0 radical (unpaired) electrons. The molecule has 0 heterocycles. The van der Waals surface area contributed by atoms with Crippen molar-refractivity contribution in [1.82, 2.24) is 10.6 Å². The van der Waals surface area contributed by atoms with Crippen LogP contribution in [-0.4, -0.2) is 37.0 Å². The third-order valence-electron chi connectivity index (χ3n) is 3.75. The number of amides is 2. The van der Waals surface area contributed by atoms with E-state index in [1.165, 1.54) is 26.2 Å². The number of hydrogen-bond donors (Lipinski definition) is 2. The van der Waals surface area contributed by atoms with Crippen molar-refractivity contribution in [1.29, 1.82) is 0 Å². The maximum Gasteiger partial charge on any atom is 0.328 e. The van der Waals surface area contributed by atoms with E-state index in [1.54, 1.807) is 18.2 Å². The molecular weight excluding hydrogens is 339 g/mol. The number of halogens is 1. The standard InChI is InChI=1S/C19H25FN2O4/c1-4-5-6-7-16(19(25)26-3)22-18(24)17(21-13(2)23)12-14-8-10-15(20)11-9-14/h4,8-11,16-17H,1,5-7,12H2,2-3H3,(H,21,23)(H,22,24)/t16-,17+/m0/s1. The molecule has 0 bridgehead atoms. The smallest absolute Gasteiger partial charge is 0.328 e. The van der Waals surface area contributed by atoms with Gasteiger partial charge in [0.25, 0.3) is 0 Å². The summed E-state index contributed by atoms with van der Waals surface area (Å²) in [5.74, 6) is -1.82. The van der Waals surface area contributed by atoms with E-state index in [4.69, 9.17) is 4.74 Å². The van der Waals surface area contributed by atoms with Crippen LogP contribution in [-0.2, 0) is 25.5 Å². The van der Waals surface area contributed by atoms with Crippen molar-refractivity contribution in [3.63, 3.8) is 0 Å². The van der Waals surface area contributed by atoms with Gasteiger partial charge in [-0.25, -0.2) is 9.18 Å². The largest absolute Gasteiger partial charge is 0.467 e. The zero-order chi connectivity index (χ0) is 19.5. The first-order chi connectivity index (χ1) is 12.4. The summed E-state index contributed by atoms with van der Waals surface area (Å²) >= 11 is 0. The molecule has 142 valence electrons. The monoisotopic (exact) mass is 364 g/mol. The summed E-state index contributed by atoms with van der Waals surface area (Å²) in [6.07, 6.45) is 3.66. The van der Waals surface area contributed by atoms with E-state index in [0.29, 0.717) is 24.8 Å². The van der Waals surface area contributed by atoms with Crippen LogP contribution in [0.1, 0.15) is 31.7 Å². The summed E-state index contributed by atoms with van der Waals surface area (Å²) in [5.41, 5.74) is 0.682. The minimum absolute atomic E-state index is 0.173. The van der Waals surface area contributed by atoms with Crippen LogP contribution in [0.2, 0.25) is 0 Å². The van der Waals surface area contributed by atoms with Crippen LogP contribution in [0, 0.1) is 5.82 Å². The summed E-state index contributed by atoms with van der Waals surface area (Å²) < 4.78 is 17.8. The molecule has 0 aliphatic carbocycles. The van der Waals surface area contributed by atoms with Gasteiger partial charge in [0.2, 0.25) is 11.8 Å². The molecule has 0 aromatic heterocycles. The van der Waals surface area contributed by atoms with E-state index in [1.807, 2.05) is 0 Å². The zero-order valence-corrected chi connectivity index (χ0v) is 15.1. The van der Waals surface area contributed by atoms with Gasteiger partial charge in [0.1, 0.15) is 17.9 Å². The van der Waals surface area contributed by atoms with Gasteiger partial charge in [-0.2, -0.15) is 0 Å². The molecule has 0 unspecified atom stereocenters. The Balaban J connectivity index is 2.84. The van der Waals surface area contributed by atoms with Crippen molar-refractivity contribution in [3.8, 4) is 0 Å². The predicted octanol–water partition coefficient (Wildman–Crippen LogP) is 1.89. The Hall–Kier alpha value is -2.70. The number of allylic oxidation sites excluding steroid dienone is 1. The minimum atomic E-state index is -0.885. The third kappa shape index (κ3) is 7.46. The SMILES string of the molecule is C=CCCC[C@H](NC(=O)[C@@H](Cc1ccc(F)cc1)NC(C)=O)C(=O)OC. The van der Waals surface area contributed by atoms with E-state index in [2.05, 4.69) is 17.2 Å². The number of nitrogens with one attached hydrogen (secondary N) is 2. The molecule has 1 rings (SSSR count). The fraction of sp³-hybridized carbons (Fsp3) is 0.421. The molecule has 1 aromatic rings. The lowest BCUT2D eigenvalue weighted by molar-refractivity contribution is -0.145. The Bertz CT molecular complexity index is 631. The van der Waals surface area contributed by atoms with E-state index in [0.717, 1.165) is 0 Å². The Morgan fingerprint density at radius 1 is 1.19 bits per heavy atom. The average molecular weight is 364 g/mol. The van der Waals surface area contributed by atoms with E-state index >= 15 is 0 Å². The Morgan fingerprint density at radius 2 is 1.85 bits per heavy atom. The molecule has 2 atom stereocenters. The molecule has 0 aliphatic heterocycles. The molecule has 2 amide bonds. The molecule has 1 aromatic carbocycles. The first-order valence-electron chi connectivity index (χ1n) is 8.38. The van der Waals surface area contributed by atoms with Crippen LogP contribution < -0.4 is 10.6 Å². The van der Waals surface area contributed by atoms with Crippen LogP contribution in [0.4, 0.5) is 4.39 Å². The maximum atomic E-state index is 13.0. The Labute approximate surface area is 152 Å². The number of carbonyl (C=O) groups excluding carboxylic acids is 3. The zero-order valence-electron chi connectivity index (χ0n) is 15.1. The number of hydrogen-bond acceptors (Lipinski definition) is 4. The average Bonchev–Trinajstić information content (AvgIpc) is 2.61. The minimum Gasteiger partial charge on any atom is -0.467 e. The number of benzene rings is 1. The van der Waals surface area contributed by atoms with Gasteiger partial charge in [-0.05, 0) is 37.0 Å². The van der Waals surface area contributed by atoms with E-state index in [9.17, 15) is 18.8 Å². The second-order valence-electron chi connectivity index (χ2n) is 5.89. The first-order valence-corrected chi connectivity index (χ1v) is 8.38. The fourth-order valence-electron chi connectivity index (χ4n) is 2.44. The molecule has 26 heavy (non-hydrogen) atoms. The molecule has 7 heteroatoms. The number of methoxy groups -OCH3 is 1. The highest BCUT2D eigenvalue weighted by Gasteiger charge is 2.26. The normalized spacial score (nSPS) is 12.6. The molecule has 0 saturated heterocycles. The first kappa shape index (κ1) is 21.3. The van der Waals surface area contributed by atoms with Gasteiger partial charge in [0.05, 0.1) is 7.11 Å². The summed E-state index contributed by atoms with van der Waals surface area (Å²) in [4.78, 5) is 35.9. The van der Waals surface area contributed by atoms with Gasteiger partial charge in [0, 0.05) is 13.3 Å². The molecule has 0 aliphatic rings. The van der Waals surface area contributed by atoms with Crippen molar-refractivity contribution in [3.05, 3.63) is 48.3 Å². The van der Waals surface area contributed by atoms with Crippen molar-refractivity contribution in [2.45, 2.75) is 44.7 Å². The second kappa shape index (κ2) is 11.0. The van der Waals surface area contributed by atoms with Gasteiger partial charge in [-0.15, -0.1) is 6.58 Å². The quantitative estimate of drug-likeness (QED) is 0.377. The van der Waals surface area contributed by atoms with Gasteiger partial charge in [-0.3, -0.25) is 9.59 Å².